The summed E-state index contributed by atoms with van der Waals surface area (Å²) >= 11 is 6.36. The maximum atomic E-state index is 13.1. The quantitative estimate of drug-likeness (QED) is 0.876. The summed E-state index contributed by atoms with van der Waals surface area (Å²) in [5, 5.41) is 3.93. The number of rotatable bonds is 2. The Labute approximate surface area is 153 Å². The van der Waals surface area contributed by atoms with Crippen LogP contribution in [0.25, 0.3) is 0 Å². The number of halogens is 1. The molecule has 5 heteroatoms. The van der Waals surface area contributed by atoms with Crippen LogP contribution in [0.2, 0.25) is 5.02 Å². The number of amides is 1. The van der Waals surface area contributed by atoms with Gasteiger partial charge < -0.3 is 15.0 Å². The monoisotopic (exact) mass is 360 g/mol. The van der Waals surface area contributed by atoms with E-state index in [9.17, 15) is 4.79 Å². The maximum absolute atomic E-state index is 13.1. The fraction of sp³-hybridized carbons (Fsp3) is 0.650. The highest BCUT2D eigenvalue weighted by Gasteiger charge is 2.37. The van der Waals surface area contributed by atoms with Crippen LogP contribution in [-0.2, 0) is 0 Å². The minimum absolute atomic E-state index is 0.0162. The molecule has 4 nitrogen and oxygen atoms in total. The molecule has 3 atom stereocenters. The average Bonchev–Trinajstić information content (AvgIpc) is 2.63. The van der Waals surface area contributed by atoms with E-state index >= 15 is 0 Å². The molecule has 0 unspecified atom stereocenters. The number of carbonyl (C=O) groups excluding carboxylic acids is 1. The lowest BCUT2D eigenvalue weighted by atomic mass is 9.79. The highest BCUT2D eigenvalue weighted by molar-refractivity contribution is 6.31. The molecule has 1 aliphatic carbocycles. The molecule has 1 amide bonds. The molecule has 0 radical (unpaired) electrons. The molecule has 4 heterocycles. The second-order valence-electron chi connectivity index (χ2n) is 8.19. The van der Waals surface area contributed by atoms with Crippen molar-refractivity contribution in [1.82, 2.24) is 10.2 Å². The standard InChI is InChI=1S/C20H25ClN2O2/c21-14-9-16-13-2-1-3-15(8-13)25-19(16)17(10-14)20(24)22-18-11-23-6-4-12(18)5-7-23/h9-10,12-13,15,18H,1-8,11H2,(H,22,24)/t13-,15+,18-/m0/s1. The van der Waals surface area contributed by atoms with Gasteiger partial charge in [-0.25, -0.2) is 0 Å². The highest BCUT2D eigenvalue weighted by Crippen LogP contribution is 2.46. The Balaban J connectivity index is 1.43. The molecule has 4 fully saturated rings. The molecule has 3 saturated heterocycles. The van der Waals surface area contributed by atoms with Crippen molar-refractivity contribution in [2.45, 2.75) is 56.6 Å². The number of nitrogens with zero attached hydrogens (tertiary/aromatic N) is 1. The summed E-state index contributed by atoms with van der Waals surface area (Å²) in [5.74, 6) is 1.88. The number of hydrogen-bond donors (Lipinski definition) is 1. The molecule has 1 saturated carbocycles. The van der Waals surface area contributed by atoms with E-state index in [1.54, 1.807) is 6.07 Å². The van der Waals surface area contributed by atoms with Gasteiger partial charge >= 0.3 is 0 Å². The summed E-state index contributed by atoms with van der Waals surface area (Å²) < 4.78 is 6.23. The molecule has 0 spiro atoms. The van der Waals surface area contributed by atoms with E-state index in [4.69, 9.17) is 16.3 Å². The minimum Gasteiger partial charge on any atom is -0.489 e. The van der Waals surface area contributed by atoms with Gasteiger partial charge in [-0.3, -0.25) is 4.79 Å². The number of benzene rings is 1. The number of carbonyl (C=O) groups is 1. The second kappa shape index (κ2) is 6.17. The van der Waals surface area contributed by atoms with Crippen molar-refractivity contribution in [2.24, 2.45) is 5.92 Å². The summed E-state index contributed by atoms with van der Waals surface area (Å²) in [7, 11) is 0. The van der Waals surface area contributed by atoms with Gasteiger partial charge in [0.25, 0.3) is 5.91 Å². The van der Waals surface area contributed by atoms with Crippen molar-refractivity contribution in [3.05, 3.63) is 28.3 Å². The molecule has 134 valence electrons. The van der Waals surface area contributed by atoms with Crippen molar-refractivity contribution >= 4 is 17.5 Å². The van der Waals surface area contributed by atoms with Gasteiger partial charge in [-0.15, -0.1) is 0 Å². The molecule has 1 aromatic carbocycles. The molecule has 5 aliphatic rings. The van der Waals surface area contributed by atoms with E-state index in [2.05, 4.69) is 10.2 Å². The van der Waals surface area contributed by atoms with Crippen molar-refractivity contribution in [1.29, 1.82) is 0 Å². The normalized spacial score (nSPS) is 35.6. The number of piperidine rings is 3. The van der Waals surface area contributed by atoms with Crippen LogP contribution in [0.15, 0.2) is 12.1 Å². The Morgan fingerprint density at radius 2 is 2.04 bits per heavy atom. The summed E-state index contributed by atoms with van der Waals surface area (Å²) in [5.41, 5.74) is 1.78. The number of nitrogens with one attached hydrogen (secondary N) is 1. The van der Waals surface area contributed by atoms with E-state index < -0.39 is 0 Å². The Bertz CT molecular complexity index is 699. The van der Waals surface area contributed by atoms with Crippen LogP contribution in [0, 0.1) is 5.92 Å². The van der Waals surface area contributed by atoms with Gasteiger partial charge in [-0.2, -0.15) is 0 Å². The third-order valence-corrected chi connectivity index (χ3v) is 6.87. The lowest BCUT2D eigenvalue weighted by Crippen LogP contribution is -2.57. The maximum Gasteiger partial charge on any atom is 0.255 e. The van der Waals surface area contributed by atoms with E-state index in [-0.39, 0.29) is 18.1 Å². The number of hydrogen-bond acceptors (Lipinski definition) is 3. The molecule has 1 aromatic rings. The first kappa shape index (κ1) is 16.0. The average molecular weight is 361 g/mol. The van der Waals surface area contributed by atoms with Crippen molar-refractivity contribution in [2.75, 3.05) is 19.6 Å². The van der Waals surface area contributed by atoms with Gasteiger partial charge in [-0.1, -0.05) is 11.6 Å². The zero-order chi connectivity index (χ0) is 17.0. The van der Waals surface area contributed by atoms with Gasteiger partial charge in [0.1, 0.15) is 5.75 Å². The summed E-state index contributed by atoms with van der Waals surface area (Å²) in [6.45, 7) is 3.33. The van der Waals surface area contributed by atoms with Gasteiger partial charge in [0.15, 0.2) is 0 Å². The topological polar surface area (TPSA) is 41.6 Å². The summed E-state index contributed by atoms with van der Waals surface area (Å²) in [6.07, 6.45) is 7.18. The van der Waals surface area contributed by atoms with E-state index in [0.29, 0.717) is 22.4 Å². The van der Waals surface area contributed by atoms with Crippen LogP contribution in [0.5, 0.6) is 5.75 Å². The molecule has 6 rings (SSSR count). The molecule has 0 aromatic heterocycles. The van der Waals surface area contributed by atoms with Crippen LogP contribution >= 0.6 is 11.6 Å². The van der Waals surface area contributed by atoms with Gasteiger partial charge in [0, 0.05) is 17.6 Å². The first-order chi connectivity index (χ1) is 12.2. The number of fused-ring (bicyclic) bond motifs is 7. The summed E-state index contributed by atoms with van der Waals surface area (Å²) in [6, 6.07) is 4.06. The first-order valence-electron chi connectivity index (χ1n) is 9.70. The summed E-state index contributed by atoms with van der Waals surface area (Å²) in [4.78, 5) is 15.5. The van der Waals surface area contributed by atoms with E-state index in [1.807, 2.05) is 6.07 Å². The fourth-order valence-corrected chi connectivity index (χ4v) is 5.52. The van der Waals surface area contributed by atoms with E-state index in [1.165, 1.54) is 38.8 Å². The van der Waals surface area contributed by atoms with Crippen molar-refractivity contribution in [3.8, 4) is 5.75 Å². The van der Waals surface area contributed by atoms with Crippen LogP contribution in [0.1, 0.15) is 60.4 Å². The smallest absolute Gasteiger partial charge is 0.255 e. The lowest BCUT2D eigenvalue weighted by molar-refractivity contribution is 0.0612. The Morgan fingerprint density at radius 1 is 1.20 bits per heavy atom. The van der Waals surface area contributed by atoms with Gasteiger partial charge in [0.05, 0.1) is 11.7 Å². The van der Waals surface area contributed by atoms with Crippen LogP contribution < -0.4 is 10.1 Å². The van der Waals surface area contributed by atoms with E-state index in [0.717, 1.165) is 30.7 Å². The highest BCUT2D eigenvalue weighted by atomic mass is 35.5. The zero-order valence-corrected chi connectivity index (χ0v) is 15.2. The van der Waals surface area contributed by atoms with Crippen LogP contribution in [0.3, 0.4) is 0 Å². The largest absolute Gasteiger partial charge is 0.489 e. The van der Waals surface area contributed by atoms with Crippen LogP contribution in [0.4, 0.5) is 0 Å². The molecule has 4 bridgehead atoms. The minimum atomic E-state index is -0.0162. The third kappa shape index (κ3) is 2.83. The fourth-order valence-electron chi connectivity index (χ4n) is 5.29. The lowest BCUT2D eigenvalue weighted by Gasteiger charge is -2.45. The molecular weight excluding hydrogens is 336 g/mol. The molecular formula is C20H25ClN2O2. The van der Waals surface area contributed by atoms with Crippen molar-refractivity contribution < 1.29 is 9.53 Å². The van der Waals surface area contributed by atoms with Crippen molar-refractivity contribution in [3.63, 3.8) is 0 Å². The third-order valence-electron chi connectivity index (χ3n) is 6.65. The Hall–Kier alpha value is -1.26. The SMILES string of the molecule is O=C(N[C@H]1CN2CCC1CC2)c1cc(Cl)cc2c1O[C@@H]1CCC[C@H]2C1. The number of ether oxygens (including phenoxy) is 1. The van der Waals surface area contributed by atoms with Gasteiger partial charge in [0.2, 0.25) is 0 Å². The predicted octanol–water partition coefficient (Wildman–Crippen LogP) is 3.58. The molecule has 1 N–H and O–H groups in total. The predicted molar refractivity (Wildman–Crippen MR) is 97.5 cm³/mol. The zero-order valence-electron chi connectivity index (χ0n) is 14.5. The second-order valence-corrected chi connectivity index (χ2v) is 8.63. The Morgan fingerprint density at radius 3 is 2.80 bits per heavy atom. The first-order valence-corrected chi connectivity index (χ1v) is 10.1. The molecule has 4 aliphatic heterocycles. The molecule has 25 heavy (non-hydrogen) atoms. The Kier molecular flexibility index (Phi) is 3.94. The van der Waals surface area contributed by atoms with Gasteiger partial charge in [-0.05, 0) is 81.1 Å². The van der Waals surface area contributed by atoms with Crippen LogP contribution in [-0.4, -0.2) is 42.6 Å².